The van der Waals surface area contributed by atoms with Gasteiger partial charge in [-0.2, -0.15) is 0 Å². The Morgan fingerprint density at radius 1 is 0.960 bits per heavy atom. The largest absolute Gasteiger partial charge is 0.443 e. The van der Waals surface area contributed by atoms with Gasteiger partial charge in [0, 0.05) is 5.56 Å². The van der Waals surface area contributed by atoms with E-state index in [1.165, 1.54) is 0 Å². The first kappa shape index (κ1) is 15.7. The number of rotatable bonds is 3. The molecule has 1 aliphatic rings. The highest BCUT2D eigenvalue weighted by Crippen LogP contribution is 2.44. The van der Waals surface area contributed by atoms with Crippen LogP contribution in [0.5, 0.6) is 5.75 Å². The summed E-state index contributed by atoms with van der Waals surface area (Å²) in [5, 5.41) is 0.460. The maximum Gasteiger partial charge on any atom is 0.342 e. The lowest BCUT2D eigenvalue weighted by Gasteiger charge is -2.30. The maximum absolute atomic E-state index is 12.5. The summed E-state index contributed by atoms with van der Waals surface area (Å²) in [6, 6.07) is 22.2. The van der Waals surface area contributed by atoms with E-state index in [-0.39, 0.29) is 0 Å². The predicted molar refractivity (Wildman–Crippen MR) is 95.9 cm³/mol. The Bertz CT molecular complexity index is 952. The molecule has 124 valence electrons. The second-order valence-corrected chi connectivity index (χ2v) is 6.36. The first-order valence-electron chi connectivity index (χ1n) is 7.94. The van der Waals surface area contributed by atoms with Crippen molar-refractivity contribution < 1.29 is 14.3 Å². The summed E-state index contributed by atoms with van der Waals surface area (Å²) < 4.78 is 12.1. The van der Waals surface area contributed by atoms with Crippen molar-refractivity contribution in [3.63, 3.8) is 0 Å². The Kier molecular flexibility index (Phi) is 3.74. The minimum Gasteiger partial charge on any atom is -0.443 e. The Morgan fingerprint density at radius 3 is 2.48 bits per heavy atom. The molecule has 0 amide bonds. The highest BCUT2D eigenvalue weighted by atomic mass is 35.5. The van der Waals surface area contributed by atoms with Gasteiger partial charge in [0.1, 0.15) is 5.75 Å². The molecule has 0 fully saturated rings. The number of cyclic esters (lactones) is 1. The van der Waals surface area contributed by atoms with E-state index in [9.17, 15) is 4.79 Å². The molecule has 3 aromatic carbocycles. The molecule has 0 radical (unpaired) electrons. The first-order valence-corrected chi connectivity index (χ1v) is 8.31. The van der Waals surface area contributed by atoms with Crippen molar-refractivity contribution in [2.45, 2.75) is 12.7 Å². The zero-order chi connectivity index (χ0) is 17.4. The number of aryl methyl sites for hydroxylation is 1. The van der Waals surface area contributed by atoms with Crippen LogP contribution in [0.4, 0.5) is 0 Å². The summed E-state index contributed by atoms with van der Waals surface area (Å²) >= 11 is 6.32. The van der Waals surface area contributed by atoms with Gasteiger partial charge in [-0.15, -0.1) is 0 Å². The van der Waals surface area contributed by atoms with Crippen LogP contribution in [-0.4, -0.2) is 5.97 Å². The fraction of sp³-hybridized carbons (Fsp3) is 0.0952. The van der Waals surface area contributed by atoms with Crippen molar-refractivity contribution in [2.75, 3.05) is 0 Å². The number of benzene rings is 3. The Labute approximate surface area is 150 Å². The lowest BCUT2D eigenvalue weighted by Crippen LogP contribution is -2.35. The predicted octanol–water partition coefficient (Wildman–Crippen LogP) is 5.10. The van der Waals surface area contributed by atoms with Gasteiger partial charge in [0.2, 0.25) is 0 Å². The van der Waals surface area contributed by atoms with E-state index >= 15 is 0 Å². The molecule has 25 heavy (non-hydrogen) atoms. The number of carbonyl (C=O) groups excluding carboxylic acids is 1. The molecule has 1 heterocycles. The molecule has 3 nitrogen and oxygen atoms in total. The van der Waals surface area contributed by atoms with Gasteiger partial charge in [-0.1, -0.05) is 60.1 Å². The second kappa shape index (κ2) is 5.94. The van der Waals surface area contributed by atoms with E-state index in [0.29, 0.717) is 21.9 Å². The van der Waals surface area contributed by atoms with Crippen LogP contribution in [0.2, 0.25) is 5.02 Å². The van der Waals surface area contributed by atoms with Crippen LogP contribution >= 0.6 is 11.6 Å². The van der Waals surface area contributed by atoms with Gasteiger partial charge < -0.3 is 9.47 Å². The van der Waals surface area contributed by atoms with E-state index in [1.807, 2.05) is 61.5 Å². The van der Waals surface area contributed by atoms with E-state index in [2.05, 4.69) is 0 Å². The Hall–Kier alpha value is -2.78. The summed E-state index contributed by atoms with van der Waals surface area (Å²) in [7, 11) is 0. The van der Waals surface area contributed by atoms with Crippen molar-refractivity contribution in [3.8, 4) is 5.75 Å². The smallest absolute Gasteiger partial charge is 0.342 e. The fourth-order valence-corrected chi connectivity index (χ4v) is 3.20. The summed E-state index contributed by atoms with van der Waals surface area (Å²) in [5.74, 6) is -1.30. The van der Waals surface area contributed by atoms with Crippen molar-refractivity contribution >= 4 is 17.6 Å². The van der Waals surface area contributed by atoms with Crippen LogP contribution in [0.3, 0.4) is 0 Å². The SMILES string of the molecule is Cc1ccc(Cl)c(OC2(c3ccccc3)OC(=O)c3ccccc32)c1. The van der Waals surface area contributed by atoms with E-state index in [1.54, 1.807) is 18.2 Å². The summed E-state index contributed by atoms with van der Waals surface area (Å²) in [5.41, 5.74) is 2.89. The fourth-order valence-electron chi connectivity index (χ4n) is 3.04. The third-order valence-corrected chi connectivity index (χ3v) is 4.54. The van der Waals surface area contributed by atoms with Gasteiger partial charge in [-0.25, -0.2) is 4.79 Å². The molecule has 0 saturated carbocycles. The van der Waals surface area contributed by atoms with Crippen LogP contribution in [0, 0.1) is 6.92 Å². The molecule has 0 aliphatic carbocycles. The van der Waals surface area contributed by atoms with Crippen molar-refractivity contribution in [2.24, 2.45) is 0 Å². The summed E-state index contributed by atoms with van der Waals surface area (Å²) in [6.07, 6.45) is 0. The first-order chi connectivity index (χ1) is 12.1. The molecule has 3 aromatic rings. The lowest BCUT2D eigenvalue weighted by molar-refractivity contribution is -0.108. The third kappa shape index (κ3) is 2.57. The molecule has 4 heteroatoms. The molecular formula is C21H15ClO3. The van der Waals surface area contributed by atoms with Crippen LogP contribution in [0.25, 0.3) is 0 Å². The molecule has 0 bridgehead atoms. The molecule has 1 aliphatic heterocycles. The van der Waals surface area contributed by atoms with Crippen molar-refractivity contribution in [3.05, 3.63) is 100 Å². The monoisotopic (exact) mass is 350 g/mol. The molecule has 0 N–H and O–H groups in total. The number of hydrogen-bond acceptors (Lipinski definition) is 3. The number of ether oxygens (including phenoxy) is 2. The zero-order valence-electron chi connectivity index (χ0n) is 13.5. The Morgan fingerprint density at radius 2 is 1.68 bits per heavy atom. The number of esters is 1. The topological polar surface area (TPSA) is 35.5 Å². The summed E-state index contributed by atoms with van der Waals surface area (Å²) in [4.78, 5) is 12.5. The molecule has 0 aromatic heterocycles. The number of halogens is 1. The lowest BCUT2D eigenvalue weighted by atomic mass is 9.95. The standard InChI is InChI=1S/C21H15ClO3/c1-14-11-12-18(22)19(13-14)24-21(15-7-3-2-4-8-15)17-10-6-5-9-16(17)20(23)25-21/h2-13H,1H3. The number of hydrogen-bond donors (Lipinski definition) is 0. The summed E-state index contributed by atoms with van der Waals surface area (Å²) in [6.45, 7) is 1.95. The van der Waals surface area contributed by atoms with E-state index in [0.717, 1.165) is 11.1 Å². The minimum atomic E-state index is -1.35. The van der Waals surface area contributed by atoms with E-state index in [4.69, 9.17) is 21.1 Å². The number of carbonyl (C=O) groups is 1. The number of fused-ring (bicyclic) bond motifs is 1. The quantitative estimate of drug-likeness (QED) is 0.616. The molecule has 1 unspecified atom stereocenters. The highest BCUT2D eigenvalue weighted by molar-refractivity contribution is 6.32. The normalized spacial score (nSPS) is 18.6. The van der Waals surface area contributed by atoms with Gasteiger partial charge >= 0.3 is 11.8 Å². The molecule has 4 rings (SSSR count). The molecule has 1 atom stereocenters. The van der Waals surface area contributed by atoms with Gasteiger partial charge in [0.05, 0.1) is 16.1 Å². The Balaban J connectivity index is 1.93. The highest BCUT2D eigenvalue weighted by Gasteiger charge is 2.49. The van der Waals surface area contributed by atoms with Crippen molar-refractivity contribution in [1.82, 2.24) is 0 Å². The minimum absolute atomic E-state index is 0.414. The van der Waals surface area contributed by atoms with Crippen LogP contribution in [0.1, 0.15) is 27.0 Å². The maximum atomic E-state index is 12.5. The molecule has 0 saturated heterocycles. The average molecular weight is 351 g/mol. The van der Waals surface area contributed by atoms with Gasteiger partial charge in [-0.05, 0) is 36.8 Å². The van der Waals surface area contributed by atoms with Crippen molar-refractivity contribution in [1.29, 1.82) is 0 Å². The third-order valence-electron chi connectivity index (χ3n) is 4.23. The average Bonchev–Trinajstić information content (AvgIpc) is 2.92. The van der Waals surface area contributed by atoms with Gasteiger partial charge in [0.25, 0.3) is 0 Å². The molecule has 0 spiro atoms. The van der Waals surface area contributed by atoms with Crippen LogP contribution in [0.15, 0.2) is 72.8 Å². The second-order valence-electron chi connectivity index (χ2n) is 5.95. The van der Waals surface area contributed by atoms with Crippen LogP contribution in [-0.2, 0) is 10.5 Å². The van der Waals surface area contributed by atoms with Crippen LogP contribution < -0.4 is 4.74 Å². The van der Waals surface area contributed by atoms with Gasteiger partial charge in [-0.3, -0.25) is 0 Å². The molecular weight excluding hydrogens is 336 g/mol. The zero-order valence-corrected chi connectivity index (χ0v) is 14.3. The van der Waals surface area contributed by atoms with Gasteiger partial charge in [0.15, 0.2) is 0 Å². The van der Waals surface area contributed by atoms with E-state index < -0.39 is 11.8 Å².